The maximum Gasteiger partial charge on any atom is 0.339 e. The standard InChI is InChI=1S/C62H84N2O12/c1-35(2)15-21-58(4)50-49(68)51(69)61(41-12-8-11-37(26-41)25-36-9-6-5-7-10-36)48(60(50)33-73-56(71)59(55(60)76-58)22-16-38(29-59)31-65)17-20-57(3)52(74-54(70)53-62(57,61)75-53)43-19-24-72-47(43)28-44(46(67)32-66)39-13-14-42-40(27-39)18-23-64-34-63-30-45(42)64/h5-7,9-10,18-19,23-24,35,37-42,44-46,48,50-53,55,63,65-67,69H,8,11-17,20-22,25-34H2,1-4H3. The topological polar surface area (TPSA) is 201 Å². The maximum absolute atomic E-state index is 16.5. The monoisotopic (exact) mass is 1050 g/mol. The van der Waals surface area contributed by atoms with E-state index in [1.54, 1.807) is 6.26 Å². The van der Waals surface area contributed by atoms with E-state index in [1.807, 2.05) is 19.1 Å². The van der Waals surface area contributed by atoms with Crippen LogP contribution in [0.2, 0.25) is 0 Å². The fraction of sp³-hybridized carbons (Fsp3) is 0.758. The molecule has 5 saturated carbocycles. The lowest BCUT2D eigenvalue weighted by Gasteiger charge is -2.71. The van der Waals surface area contributed by atoms with Crippen LogP contribution in [0.25, 0.3) is 0 Å². The maximum atomic E-state index is 16.5. The molecule has 76 heavy (non-hydrogen) atoms. The number of benzene rings is 1. The summed E-state index contributed by atoms with van der Waals surface area (Å²) in [7, 11) is 0. The molecule has 1 aromatic heterocycles. The predicted molar refractivity (Wildman–Crippen MR) is 278 cm³/mol. The van der Waals surface area contributed by atoms with Crippen molar-refractivity contribution in [3.05, 3.63) is 71.8 Å². The molecule has 10 fully saturated rings. The summed E-state index contributed by atoms with van der Waals surface area (Å²) >= 11 is 0. The van der Waals surface area contributed by atoms with E-state index in [1.165, 1.54) is 5.56 Å². The second kappa shape index (κ2) is 18.7. The van der Waals surface area contributed by atoms with Crippen LogP contribution >= 0.6 is 0 Å². The minimum absolute atomic E-state index is 0.0326. The molecule has 5 N–H and O–H groups in total. The number of esters is 2. The highest BCUT2D eigenvalue weighted by atomic mass is 16.7. The number of ether oxygens (including phenoxy) is 4. The molecule has 7 heterocycles. The van der Waals surface area contributed by atoms with Gasteiger partial charge in [0.15, 0.2) is 11.9 Å². The number of ketones is 1. The summed E-state index contributed by atoms with van der Waals surface area (Å²) < 4.78 is 34.8. The van der Waals surface area contributed by atoms with E-state index in [9.17, 15) is 25.2 Å². The number of carbonyl (C=O) groups excluding carboxylic acids is 3. The Bertz CT molecular complexity index is 2590. The summed E-state index contributed by atoms with van der Waals surface area (Å²) in [5.41, 5.74) is -4.95. The van der Waals surface area contributed by atoms with Crippen LogP contribution in [0.15, 0.2) is 59.4 Å². The fourth-order valence-corrected chi connectivity index (χ4v) is 20.4. The van der Waals surface area contributed by atoms with Gasteiger partial charge < -0.3 is 48.7 Å². The van der Waals surface area contributed by atoms with E-state index < -0.39 is 81.2 Å². The first-order valence-electron chi connectivity index (χ1n) is 29.7. The van der Waals surface area contributed by atoms with Crippen molar-refractivity contribution in [3.8, 4) is 0 Å². The van der Waals surface area contributed by atoms with Crippen molar-refractivity contribution < 1.29 is 58.2 Å². The number of nitrogens with zero attached hydrogens (tertiary/aromatic N) is 1. The second-order valence-corrected chi connectivity index (χ2v) is 27.4. The van der Waals surface area contributed by atoms with E-state index in [-0.39, 0.29) is 61.2 Å². The Morgan fingerprint density at radius 2 is 1.75 bits per heavy atom. The van der Waals surface area contributed by atoms with Crippen LogP contribution in [-0.2, 0) is 46.2 Å². The third kappa shape index (κ3) is 7.17. The lowest BCUT2D eigenvalue weighted by atomic mass is 9.32. The third-order valence-electron chi connectivity index (χ3n) is 23.5. The van der Waals surface area contributed by atoms with Gasteiger partial charge >= 0.3 is 11.9 Å². The van der Waals surface area contributed by atoms with Gasteiger partial charge in [0.2, 0.25) is 0 Å². The highest BCUT2D eigenvalue weighted by Gasteiger charge is 2.94. The average Bonchev–Trinajstić information content (AvgIpc) is 2.07. The Morgan fingerprint density at radius 1 is 0.921 bits per heavy atom. The molecule has 14 nitrogen and oxygen atoms in total. The number of epoxide rings is 1. The molecule has 21 atom stereocenters. The summed E-state index contributed by atoms with van der Waals surface area (Å²) in [6.45, 7) is 9.87. The number of hydrogen-bond acceptors (Lipinski definition) is 14. The van der Waals surface area contributed by atoms with E-state index in [2.05, 4.69) is 67.5 Å². The van der Waals surface area contributed by atoms with Crippen LogP contribution in [0.3, 0.4) is 0 Å². The van der Waals surface area contributed by atoms with Crippen LogP contribution < -0.4 is 5.32 Å². The van der Waals surface area contributed by atoms with Gasteiger partial charge in [0.1, 0.15) is 30.2 Å². The summed E-state index contributed by atoms with van der Waals surface area (Å²) in [4.78, 5) is 48.9. The Hall–Kier alpha value is -3.63. The van der Waals surface area contributed by atoms with Gasteiger partial charge in [-0.05, 0) is 161 Å². The Kier molecular flexibility index (Phi) is 12.8. The zero-order valence-corrected chi connectivity index (χ0v) is 45.3. The molecular formula is C62H84N2O12. The van der Waals surface area contributed by atoms with Crippen molar-refractivity contribution >= 4 is 17.7 Å². The van der Waals surface area contributed by atoms with E-state index in [0.717, 1.165) is 64.6 Å². The summed E-state index contributed by atoms with van der Waals surface area (Å²) in [6, 6.07) is 12.9. The van der Waals surface area contributed by atoms with Crippen molar-refractivity contribution in [2.24, 2.45) is 80.8 Å². The Labute approximate surface area is 448 Å². The minimum atomic E-state index is -1.53. The number of allylic oxidation sites excluding steroid dienone is 1. The minimum Gasteiger partial charge on any atom is -0.469 e. The summed E-state index contributed by atoms with van der Waals surface area (Å²) in [6.07, 6.45) is 12.2. The molecule has 13 rings (SSSR count). The van der Waals surface area contributed by atoms with Gasteiger partial charge in [-0.3, -0.25) is 14.9 Å². The molecule has 0 amide bonds. The zero-order chi connectivity index (χ0) is 52.7. The predicted octanol–water partition coefficient (Wildman–Crippen LogP) is 7.25. The lowest BCUT2D eigenvalue weighted by Crippen LogP contribution is -2.80. The first kappa shape index (κ1) is 51.8. The molecule has 5 saturated heterocycles. The third-order valence-corrected chi connectivity index (χ3v) is 23.5. The summed E-state index contributed by atoms with van der Waals surface area (Å²) in [5, 5.41) is 50.7. The normalized spacial score (nSPS) is 46.7. The molecule has 5 aliphatic carbocycles. The number of fused-ring (bicyclic) bond motifs is 5. The van der Waals surface area contributed by atoms with Gasteiger partial charge in [-0.1, -0.05) is 70.0 Å². The van der Waals surface area contributed by atoms with Crippen molar-refractivity contribution in [2.45, 2.75) is 178 Å². The van der Waals surface area contributed by atoms with E-state index in [0.29, 0.717) is 86.5 Å². The molecule has 1 aromatic carbocycles. The quantitative estimate of drug-likeness (QED) is 0.0993. The van der Waals surface area contributed by atoms with Crippen LogP contribution in [0.1, 0.15) is 141 Å². The van der Waals surface area contributed by atoms with E-state index >= 15 is 9.59 Å². The molecule has 6 aliphatic heterocycles. The molecule has 2 aromatic rings. The van der Waals surface area contributed by atoms with Gasteiger partial charge in [0.25, 0.3) is 0 Å². The highest BCUT2D eigenvalue weighted by Crippen LogP contribution is 2.84. The number of hydrogen-bond donors (Lipinski definition) is 5. The number of aliphatic hydroxyl groups excluding tert-OH is 4. The number of aliphatic hydroxyl groups is 4. The average molecular weight is 1050 g/mol. The van der Waals surface area contributed by atoms with Gasteiger partial charge in [-0.25, -0.2) is 4.79 Å². The Morgan fingerprint density at radius 3 is 2.53 bits per heavy atom. The van der Waals surface area contributed by atoms with Gasteiger partial charge in [0, 0.05) is 47.4 Å². The molecule has 3 spiro atoms. The molecule has 14 heteroatoms. The lowest BCUT2D eigenvalue weighted by molar-refractivity contribution is -0.285. The number of furan rings is 1. The first-order valence-corrected chi connectivity index (χ1v) is 29.7. The Balaban J connectivity index is 0.932. The number of rotatable bonds is 13. The molecule has 414 valence electrons. The van der Waals surface area contributed by atoms with E-state index in [4.69, 9.17) is 23.4 Å². The second-order valence-electron chi connectivity index (χ2n) is 27.4. The SMILES string of the molecule is CC(C)CCC1(C)OC2C3(CCC(CO)C3)C(=O)OCC23C1C(=O)C(O)C1(C2CCCC(Cc4ccccc4)C2)C3CCC2(C)C(c3ccoc3CC(C(O)CO)C3CCC4C(C=CN5CNCC45)C3)OC(=O)C3OC321. The van der Waals surface area contributed by atoms with Gasteiger partial charge in [-0.15, -0.1) is 0 Å². The molecule has 11 aliphatic rings. The van der Waals surface area contributed by atoms with Crippen molar-refractivity contribution in [2.75, 3.05) is 33.0 Å². The van der Waals surface area contributed by atoms with Crippen molar-refractivity contribution in [1.29, 1.82) is 0 Å². The number of cyclic esters (lactones) is 2. The van der Waals surface area contributed by atoms with Crippen LogP contribution in [0.5, 0.6) is 0 Å². The molecule has 0 radical (unpaired) electrons. The fourth-order valence-electron chi connectivity index (χ4n) is 20.4. The van der Waals surface area contributed by atoms with Crippen molar-refractivity contribution in [3.63, 3.8) is 0 Å². The largest absolute Gasteiger partial charge is 0.469 e. The van der Waals surface area contributed by atoms with Crippen LogP contribution in [-0.4, -0.2) is 118 Å². The number of nitrogens with one attached hydrogen (secondary N) is 1. The zero-order valence-electron chi connectivity index (χ0n) is 45.3. The van der Waals surface area contributed by atoms with Crippen LogP contribution in [0.4, 0.5) is 0 Å². The van der Waals surface area contributed by atoms with Gasteiger partial charge in [0.05, 0.1) is 48.7 Å². The highest BCUT2D eigenvalue weighted by molar-refractivity contribution is 5.93. The smallest absolute Gasteiger partial charge is 0.339 e. The van der Waals surface area contributed by atoms with Crippen LogP contribution in [0, 0.1) is 80.8 Å². The number of carbonyl (C=O) groups is 3. The van der Waals surface area contributed by atoms with Gasteiger partial charge in [-0.2, -0.15) is 0 Å². The summed E-state index contributed by atoms with van der Waals surface area (Å²) in [5.74, 6) is -1.02. The molecule has 0 bridgehead atoms. The number of Topliss-reactive ketones (excluding diaryl/α,β-unsaturated/α-hetero) is 1. The molecule has 21 unspecified atom stereocenters. The van der Waals surface area contributed by atoms with Crippen molar-refractivity contribution in [1.82, 2.24) is 10.2 Å². The molecular weight excluding hydrogens is 965 g/mol. The first-order chi connectivity index (χ1) is 36.6.